The van der Waals surface area contributed by atoms with Gasteiger partial charge in [0.05, 0.1) is 0 Å². The Hall–Kier alpha value is -2.26. The first-order chi connectivity index (χ1) is 23.1. The Bertz CT molecular complexity index is 1380. The number of aryl methyl sites for hydroxylation is 8. The predicted molar refractivity (Wildman–Crippen MR) is 218 cm³/mol. The lowest BCUT2D eigenvalue weighted by Crippen LogP contribution is -2.50. The van der Waals surface area contributed by atoms with E-state index in [1.807, 2.05) is 0 Å². The molecule has 0 radical (unpaired) electrons. The Morgan fingerprint density at radius 3 is 0.646 bits per heavy atom. The molecule has 4 unspecified atom stereocenters. The average Bonchev–Trinajstić information content (AvgIpc) is 3.12. The van der Waals surface area contributed by atoms with E-state index in [0.29, 0.717) is 11.8 Å². The summed E-state index contributed by atoms with van der Waals surface area (Å²) in [5.41, 5.74) is 17.6. The van der Waals surface area contributed by atoms with Crippen molar-refractivity contribution in [3.63, 3.8) is 0 Å². The van der Waals surface area contributed by atoms with Crippen LogP contribution in [0.25, 0.3) is 0 Å². The van der Waals surface area contributed by atoms with Crippen molar-refractivity contribution >= 4 is 18.5 Å². The lowest BCUT2D eigenvalue weighted by atomic mass is 9.55. The van der Waals surface area contributed by atoms with E-state index in [9.17, 15) is 0 Å². The minimum Gasteiger partial charge on any atom is -0.121 e. The van der Waals surface area contributed by atoms with Crippen LogP contribution in [0.3, 0.4) is 0 Å². The topological polar surface area (TPSA) is 0 Å². The van der Waals surface area contributed by atoms with E-state index in [2.05, 4.69) is 147 Å². The lowest BCUT2D eigenvalue weighted by molar-refractivity contribution is 0.109. The molecule has 0 aromatic heterocycles. The van der Waals surface area contributed by atoms with Gasteiger partial charge in [0.1, 0.15) is 0 Å². The maximum Gasteiger partial charge on any atom is 0.0375 e. The molecule has 1 aliphatic carbocycles. The van der Waals surface area contributed by atoms with Crippen molar-refractivity contribution in [2.24, 2.45) is 11.8 Å². The number of hydrogen-bond acceptors (Lipinski definition) is 0. The third-order valence-electron chi connectivity index (χ3n) is 11.8. The van der Waals surface area contributed by atoms with Crippen LogP contribution in [0.1, 0.15) is 135 Å². The highest BCUT2D eigenvalue weighted by atomic mass is 31.0. The Kier molecular flexibility index (Phi) is 12.1. The van der Waals surface area contributed by atoms with Crippen molar-refractivity contribution in [3.05, 3.63) is 140 Å². The summed E-state index contributed by atoms with van der Waals surface area (Å²) in [6.45, 7) is 18.5. The van der Waals surface area contributed by atoms with Gasteiger partial charge in [0, 0.05) is 10.3 Å². The normalized spacial score (nSPS) is 16.6. The van der Waals surface area contributed by atoms with Crippen LogP contribution in [-0.4, -0.2) is 0 Å². The predicted octanol–water partition coefficient (Wildman–Crippen LogP) is 12.1. The number of hydrogen-bond donors (Lipinski definition) is 0. The molecule has 1 saturated carbocycles. The molecule has 0 bridgehead atoms. The summed E-state index contributed by atoms with van der Waals surface area (Å²) in [5.74, 6) is 0.915. The molecule has 4 aromatic rings. The quantitative estimate of drug-likeness (QED) is 0.117. The Morgan fingerprint density at radius 1 is 0.354 bits per heavy atom. The molecule has 48 heavy (non-hydrogen) atoms. The fourth-order valence-corrected chi connectivity index (χ4v) is 9.88. The molecule has 0 aliphatic heterocycles. The first kappa shape index (κ1) is 37.0. The summed E-state index contributed by atoms with van der Waals surface area (Å²) in [6.07, 6.45) is 10.9. The zero-order valence-corrected chi connectivity index (χ0v) is 33.6. The van der Waals surface area contributed by atoms with E-state index < -0.39 is 0 Å². The maximum atomic E-state index is 3.55. The summed E-state index contributed by atoms with van der Waals surface area (Å²) in [6, 6.07) is 30.2. The van der Waals surface area contributed by atoms with Gasteiger partial charge in [-0.3, -0.25) is 0 Å². The van der Waals surface area contributed by atoms with Gasteiger partial charge in [0.2, 0.25) is 0 Å². The van der Waals surface area contributed by atoms with Crippen molar-refractivity contribution in [3.8, 4) is 0 Å². The molecule has 2 heteroatoms. The molecule has 4 aromatic carbocycles. The van der Waals surface area contributed by atoms with Crippen LogP contribution in [0.4, 0.5) is 0 Å². The highest BCUT2D eigenvalue weighted by Crippen LogP contribution is 2.64. The second-order valence-electron chi connectivity index (χ2n) is 14.5. The minimum atomic E-state index is -0.194. The van der Waals surface area contributed by atoms with Crippen LogP contribution in [0.15, 0.2) is 72.8 Å². The van der Waals surface area contributed by atoms with E-state index in [4.69, 9.17) is 0 Å². The fourth-order valence-electron chi connectivity index (χ4n) is 8.42. The SMILES string of the molecule is CCc1cc(CC)cc(C(P)(c2cc(CC)cc(CC)c2)C2CCC2C(P)(c2cc(CC)cc(CC)c2)c2cc(CC)cc(CC)c2)c1. The summed E-state index contributed by atoms with van der Waals surface area (Å²) in [5, 5.41) is -0.387. The van der Waals surface area contributed by atoms with E-state index in [1.165, 1.54) is 79.6 Å². The van der Waals surface area contributed by atoms with Crippen LogP contribution in [0.5, 0.6) is 0 Å². The second-order valence-corrected chi connectivity index (χ2v) is 16.3. The van der Waals surface area contributed by atoms with E-state index in [-0.39, 0.29) is 10.3 Å². The van der Waals surface area contributed by atoms with Gasteiger partial charge in [0.25, 0.3) is 0 Å². The van der Waals surface area contributed by atoms with Crippen LogP contribution in [0.2, 0.25) is 0 Å². The second kappa shape index (κ2) is 15.7. The number of benzene rings is 4. The summed E-state index contributed by atoms with van der Waals surface area (Å²) in [4.78, 5) is 0. The lowest BCUT2D eigenvalue weighted by Gasteiger charge is -2.56. The van der Waals surface area contributed by atoms with Crippen LogP contribution >= 0.6 is 18.5 Å². The van der Waals surface area contributed by atoms with Gasteiger partial charge in [-0.25, -0.2) is 0 Å². The van der Waals surface area contributed by atoms with Gasteiger partial charge < -0.3 is 0 Å². The van der Waals surface area contributed by atoms with Crippen molar-refractivity contribution in [1.82, 2.24) is 0 Å². The molecule has 256 valence electrons. The number of rotatable bonds is 14. The molecular weight excluding hydrogens is 614 g/mol. The minimum absolute atomic E-state index is 0.194. The van der Waals surface area contributed by atoms with Gasteiger partial charge in [-0.15, -0.1) is 18.5 Å². The van der Waals surface area contributed by atoms with Gasteiger partial charge >= 0.3 is 0 Å². The van der Waals surface area contributed by atoms with Crippen molar-refractivity contribution in [2.75, 3.05) is 0 Å². The zero-order chi connectivity index (χ0) is 34.6. The third-order valence-corrected chi connectivity index (χ3v) is 14.0. The highest BCUT2D eigenvalue weighted by molar-refractivity contribution is 7.19. The molecule has 5 rings (SSSR count). The molecule has 1 aliphatic rings. The standard InChI is InChI=1S/C46H62P2/c1-9-31-19-32(10-2)24-39(23-31)45(47,40-25-33(11-3)20-34(12-4)26-40)43-17-18-44(43)46(48,41-27-35(13-5)21-36(14-6)28-41)42-29-37(15-7)22-38(16-8)30-42/h19-30,43-44H,9-18,47-48H2,1-8H3. The molecule has 0 amide bonds. The van der Waals surface area contributed by atoms with Crippen LogP contribution in [-0.2, 0) is 61.7 Å². The Morgan fingerprint density at radius 2 is 0.521 bits per heavy atom. The molecule has 1 fully saturated rings. The molecule has 0 nitrogen and oxygen atoms in total. The largest absolute Gasteiger partial charge is 0.121 e. The molecule has 0 saturated heterocycles. The third kappa shape index (κ3) is 7.01. The monoisotopic (exact) mass is 676 g/mol. The first-order valence-electron chi connectivity index (χ1n) is 19.2. The highest BCUT2D eigenvalue weighted by Gasteiger charge is 2.55. The van der Waals surface area contributed by atoms with Crippen molar-refractivity contribution in [2.45, 2.75) is 130 Å². The first-order valence-corrected chi connectivity index (χ1v) is 20.4. The summed E-state index contributed by atoms with van der Waals surface area (Å²) >= 11 is 0. The molecule has 0 N–H and O–H groups in total. The van der Waals surface area contributed by atoms with Gasteiger partial charge in [-0.05, 0) is 143 Å². The fraction of sp³-hybridized carbons (Fsp3) is 0.478. The van der Waals surface area contributed by atoms with Crippen LogP contribution < -0.4 is 0 Å². The summed E-state index contributed by atoms with van der Waals surface area (Å²) in [7, 11) is 7.10. The molecule has 0 heterocycles. The molecular formula is C46H62P2. The zero-order valence-electron chi connectivity index (χ0n) is 31.3. The average molecular weight is 677 g/mol. The maximum absolute atomic E-state index is 3.55. The smallest absolute Gasteiger partial charge is 0.0375 e. The van der Waals surface area contributed by atoms with Crippen LogP contribution in [0, 0.1) is 11.8 Å². The van der Waals surface area contributed by atoms with Gasteiger partial charge in [-0.2, -0.15) is 0 Å². The van der Waals surface area contributed by atoms with Crippen molar-refractivity contribution in [1.29, 1.82) is 0 Å². The van der Waals surface area contributed by atoms with Crippen molar-refractivity contribution < 1.29 is 0 Å². The van der Waals surface area contributed by atoms with Gasteiger partial charge in [-0.1, -0.05) is 128 Å². The summed E-state index contributed by atoms with van der Waals surface area (Å²) < 4.78 is 0. The van der Waals surface area contributed by atoms with Gasteiger partial charge in [0.15, 0.2) is 0 Å². The molecule has 0 spiro atoms. The van der Waals surface area contributed by atoms with E-state index in [0.717, 1.165) is 51.4 Å². The molecule has 4 atom stereocenters. The van der Waals surface area contributed by atoms with E-state index in [1.54, 1.807) is 0 Å². The Balaban J connectivity index is 1.82. The van der Waals surface area contributed by atoms with E-state index >= 15 is 0 Å². The Labute approximate surface area is 298 Å².